The van der Waals surface area contributed by atoms with Crippen LogP contribution in [0.15, 0.2) is 71.9 Å². The number of methoxy groups -OCH3 is 3. The summed E-state index contributed by atoms with van der Waals surface area (Å²) >= 11 is 0. The molecule has 3 fully saturated rings. The van der Waals surface area contributed by atoms with E-state index in [2.05, 4.69) is 0 Å². The Hall–Kier alpha value is -5.15. The van der Waals surface area contributed by atoms with E-state index in [0.29, 0.717) is 76.4 Å². The summed E-state index contributed by atoms with van der Waals surface area (Å²) in [7, 11) is 4.51. The summed E-state index contributed by atoms with van der Waals surface area (Å²) in [5, 5.41) is 34.9. The predicted molar refractivity (Wildman–Crippen MR) is 294 cm³/mol. The maximum absolute atomic E-state index is 14.8. The van der Waals surface area contributed by atoms with Crippen molar-refractivity contribution in [3.05, 3.63) is 82.0 Å². The van der Waals surface area contributed by atoms with E-state index < -0.39 is 101 Å². The number of benzene rings is 1. The van der Waals surface area contributed by atoms with E-state index in [1.807, 2.05) is 78.0 Å². The Morgan fingerprint density at radius 1 is 0.861 bits per heavy atom. The van der Waals surface area contributed by atoms with Crippen molar-refractivity contribution < 1.29 is 77.0 Å². The normalized spacial score (nSPS) is 36.0. The van der Waals surface area contributed by atoms with Crippen LogP contribution in [0.2, 0.25) is 0 Å². The summed E-state index contributed by atoms with van der Waals surface area (Å²) in [6.07, 6.45) is 9.70. The number of aliphatic hydroxyl groups excluding tert-OH is 1. The number of Topliss-reactive ketones (excluding diaryl/α,β-unsaturated/α-hetero) is 2. The average Bonchev–Trinajstić information content (AvgIpc) is 3.47. The topological polar surface area (TPSA) is 246 Å². The van der Waals surface area contributed by atoms with E-state index >= 15 is 0 Å². The summed E-state index contributed by atoms with van der Waals surface area (Å²) in [6.45, 7) is 15.3. The number of nitrogens with zero attached hydrogens (tertiary/aromatic N) is 2. The number of allylic oxidation sites excluding steroid dienone is 5. The maximum atomic E-state index is 14.8. The second-order valence-electron chi connectivity index (χ2n) is 22.4. The average molecular weight is 1110 g/mol. The minimum atomic E-state index is -2.45. The van der Waals surface area contributed by atoms with Crippen LogP contribution in [0.25, 0.3) is 0 Å². The van der Waals surface area contributed by atoms with Crippen molar-refractivity contribution in [2.45, 2.75) is 193 Å². The van der Waals surface area contributed by atoms with E-state index in [4.69, 9.17) is 37.9 Å². The van der Waals surface area contributed by atoms with Gasteiger partial charge in [-0.05, 0) is 126 Å². The monoisotopic (exact) mass is 1110 g/mol. The first-order valence-electron chi connectivity index (χ1n) is 28.3. The molecule has 1 aromatic rings. The molecule has 0 spiro atoms. The van der Waals surface area contributed by atoms with Crippen LogP contribution in [0.4, 0.5) is 10.5 Å². The predicted octanol–water partition coefficient (Wildman–Crippen LogP) is 9.15. The minimum Gasteiger partial charge on any atom is -0.460 e. The van der Waals surface area contributed by atoms with Crippen LogP contribution >= 0.6 is 0 Å². The first-order valence-corrected chi connectivity index (χ1v) is 28.3. The van der Waals surface area contributed by atoms with Crippen molar-refractivity contribution in [3.63, 3.8) is 0 Å². The molecule has 4 aliphatic rings. The van der Waals surface area contributed by atoms with Crippen LogP contribution in [-0.4, -0.2) is 145 Å². The number of cyclic esters (lactones) is 1. The maximum Gasteiger partial charge on any atom is 0.514 e. The van der Waals surface area contributed by atoms with Gasteiger partial charge in [-0.3, -0.25) is 24.5 Å². The number of amides is 1. The molecule has 2 unspecified atom stereocenters. The van der Waals surface area contributed by atoms with Gasteiger partial charge in [0.05, 0.1) is 29.3 Å². The van der Waals surface area contributed by atoms with E-state index in [-0.39, 0.29) is 60.3 Å². The Balaban J connectivity index is 1.45. The summed E-state index contributed by atoms with van der Waals surface area (Å²) in [5.41, 5.74) is 1.21. The van der Waals surface area contributed by atoms with Crippen LogP contribution in [0.5, 0.6) is 5.75 Å². The summed E-state index contributed by atoms with van der Waals surface area (Å²) < 4.78 is 47.6. The fraction of sp³-hybridized carbons (Fsp3) is 0.683. The molecule has 1 saturated carbocycles. The third kappa shape index (κ3) is 17.7. The fourth-order valence-corrected chi connectivity index (χ4v) is 11.7. The van der Waals surface area contributed by atoms with E-state index in [9.17, 15) is 44.3 Å². The summed E-state index contributed by atoms with van der Waals surface area (Å²) in [5.74, 6) is -7.34. The molecule has 1 aromatic carbocycles. The number of ether oxygens (including phenoxy) is 8. The third-order valence-corrected chi connectivity index (χ3v) is 16.5. The van der Waals surface area contributed by atoms with Crippen LogP contribution in [0.3, 0.4) is 0 Å². The first-order chi connectivity index (χ1) is 37.5. The highest BCUT2D eigenvalue weighted by Gasteiger charge is 2.53. The highest BCUT2D eigenvalue weighted by atomic mass is 16.7. The lowest BCUT2D eigenvalue weighted by Gasteiger charge is -2.43. The van der Waals surface area contributed by atoms with Crippen molar-refractivity contribution in [2.24, 2.45) is 35.5 Å². The molecule has 1 amide bonds. The molecular weight excluding hydrogens is 1020 g/mol. The third-order valence-electron chi connectivity index (χ3n) is 16.5. The number of nitro groups is 1. The van der Waals surface area contributed by atoms with Crippen molar-refractivity contribution >= 4 is 35.3 Å². The zero-order valence-electron chi connectivity index (χ0n) is 48.2. The van der Waals surface area contributed by atoms with Gasteiger partial charge in [-0.15, -0.1) is 0 Å². The summed E-state index contributed by atoms with van der Waals surface area (Å²) in [4.78, 5) is 82.4. The number of hydrogen-bond acceptors (Lipinski definition) is 17. The fourth-order valence-electron chi connectivity index (χ4n) is 11.7. The van der Waals surface area contributed by atoms with Gasteiger partial charge in [-0.1, -0.05) is 71.1 Å². The molecule has 2 N–H and O–H groups in total. The SMILES string of the molecule is CCOC1C[C@@H]([C@H](C)C[C@@H]2CC[C@@H](OC(=O)Oc3ccc([N+](=O)[O-])cc3)[C@H](OC)C2)OC(=O)[C@@H]2CCCCN2C(=O)C(=O)[C@]2(O)O[C@@H](CC[C@H]2C)CC(OC)/C(C)=C/C=C/C=C/[C@@H](C)C[C@@H](C)C(=O)[C@H](OC)[C@H](O)/C(C)=C/[C@H]1C. The number of hydrogen-bond donors (Lipinski definition) is 2. The van der Waals surface area contributed by atoms with Gasteiger partial charge in [-0.25, -0.2) is 9.59 Å². The first kappa shape index (κ1) is 64.7. The molecule has 3 heterocycles. The van der Waals surface area contributed by atoms with E-state index in [0.717, 1.165) is 5.57 Å². The van der Waals surface area contributed by atoms with Gasteiger partial charge >= 0.3 is 12.1 Å². The van der Waals surface area contributed by atoms with Crippen molar-refractivity contribution in [1.82, 2.24) is 4.90 Å². The van der Waals surface area contributed by atoms with Crippen LogP contribution in [0, 0.1) is 45.6 Å². The Bertz CT molecular complexity index is 2330. The van der Waals surface area contributed by atoms with Gasteiger partial charge < -0.3 is 53.0 Å². The Morgan fingerprint density at radius 2 is 1.58 bits per heavy atom. The Morgan fingerprint density at radius 3 is 2.24 bits per heavy atom. The van der Waals surface area contributed by atoms with Gasteiger partial charge in [0.2, 0.25) is 5.79 Å². The highest BCUT2D eigenvalue weighted by molar-refractivity contribution is 6.39. The number of ketones is 2. The molecule has 3 aliphatic heterocycles. The molecule has 79 heavy (non-hydrogen) atoms. The lowest BCUT2D eigenvalue weighted by Crippen LogP contribution is -2.61. The number of aliphatic hydroxyl groups is 2. The minimum absolute atomic E-state index is 0.00680. The molecule has 2 saturated heterocycles. The second-order valence-corrected chi connectivity index (χ2v) is 22.4. The van der Waals surface area contributed by atoms with Gasteiger partial charge in [0.15, 0.2) is 5.78 Å². The van der Waals surface area contributed by atoms with Gasteiger partial charge in [0.25, 0.3) is 17.4 Å². The van der Waals surface area contributed by atoms with Gasteiger partial charge in [0, 0.05) is 77.2 Å². The second kappa shape index (κ2) is 30.6. The lowest BCUT2D eigenvalue weighted by atomic mass is 9.78. The highest BCUT2D eigenvalue weighted by Crippen LogP contribution is 2.39. The molecule has 0 aromatic heterocycles. The number of carbonyl (C=O) groups is 5. The zero-order valence-corrected chi connectivity index (χ0v) is 48.2. The van der Waals surface area contributed by atoms with Crippen molar-refractivity contribution in [1.29, 1.82) is 0 Å². The standard InChI is InChI=1S/C60H88N2O17/c1-12-75-50-35-51(39(5)32-43-22-28-48(52(33-43)73-10)78-59(68)76-45-26-23-44(24-27-45)62(70)71)77-58(67)47-20-16-17-29-61(47)57(66)56(65)60(69)42(8)21-25-46(79-60)34-49(72-9)37(3)19-15-13-14-18-36(2)30-40(6)53(63)55(74-11)54(64)41(7)31-38(50)4/h13-15,18-19,23-24,26-27,31,36,38-40,42-43,46-52,54-55,64,69H,12,16-17,20-22,25,28-30,32-35H2,1-11H3/b15-13+,18-14+,37-19+,41-31+/t36-,38-,39-,40-,42-,43+,46+,47+,48-,49?,50?,51+,52-,54-,55+,60-/m1/s1. The van der Waals surface area contributed by atoms with Crippen LogP contribution in [-0.2, 0) is 52.3 Å². The van der Waals surface area contributed by atoms with Crippen LogP contribution < -0.4 is 4.74 Å². The zero-order chi connectivity index (χ0) is 58.1. The smallest absolute Gasteiger partial charge is 0.460 e. The number of fused-ring (bicyclic) bond motifs is 3. The van der Waals surface area contributed by atoms with Crippen molar-refractivity contribution in [3.8, 4) is 5.75 Å². The largest absolute Gasteiger partial charge is 0.514 e. The molecule has 19 nitrogen and oxygen atoms in total. The number of carbonyl (C=O) groups excluding carboxylic acids is 5. The molecule has 5 rings (SSSR count). The lowest BCUT2D eigenvalue weighted by molar-refractivity contribution is -0.384. The number of non-ortho nitro benzene ring substituents is 1. The number of rotatable bonds is 11. The van der Waals surface area contributed by atoms with Gasteiger partial charge in [-0.2, -0.15) is 0 Å². The van der Waals surface area contributed by atoms with Crippen molar-refractivity contribution in [2.75, 3.05) is 34.5 Å². The molecule has 16 atom stereocenters. The van der Waals surface area contributed by atoms with E-state index in [1.165, 1.54) is 43.4 Å². The molecule has 19 heteroatoms. The summed E-state index contributed by atoms with van der Waals surface area (Å²) in [6, 6.07) is 3.91. The van der Waals surface area contributed by atoms with Crippen LogP contribution in [0.1, 0.15) is 132 Å². The number of nitro benzene ring substituents is 1. The molecule has 2 bridgehead atoms. The van der Waals surface area contributed by atoms with E-state index in [1.54, 1.807) is 21.0 Å². The number of piperidine rings is 1. The molecule has 0 radical (unpaired) electrons. The quantitative estimate of drug-likeness (QED) is 0.0523. The number of esters is 1. The molecule has 440 valence electrons. The van der Waals surface area contributed by atoms with Gasteiger partial charge in [0.1, 0.15) is 36.2 Å². The molecular formula is C60H88N2O17. The molecule has 1 aliphatic carbocycles. The Kier molecular flexibility index (Phi) is 25.1. The Labute approximate surface area is 466 Å².